The van der Waals surface area contributed by atoms with E-state index in [2.05, 4.69) is 4.98 Å². The van der Waals surface area contributed by atoms with Gasteiger partial charge in [0.25, 0.3) is 5.91 Å². The molecule has 0 radical (unpaired) electrons. The average Bonchev–Trinajstić information content (AvgIpc) is 3.07. The fourth-order valence-electron chi connectivity index (χ4n) is 4.76. The van der Waals surface area contributed by atoms with Gasteiger partial charge in [0.1, 0.15) is 10.9 Å². The zero-order valence-electron chi connectivity index (χ0n) is 15.6. The molecule has 0 aliphatic carbocycles. The zero-order chi connectivity index (χ0) is 20.2. The fraction of sp³-hybridized carbons (Fsp3) is 0.400. The first-order valence-corrected chi connectivity index (χ1v) is 11.4. The highest BCUT2D eigenvalue weighted by Gasteiger charge is 2.65. The third-order valence-corrected chi connectivity index (χ3v) is 8.53. The number of hydrogen-bond donors (Lipinski definition) is 0. The molecule has 5 rings (SSSR count). The van der Waals surface area contributed by atoms with Crippen LogP contribution in [0.1, 0.15) is 22.3 Å². The minimum atomic E-state index is -3.54. The van der Waals surface area contributed by atoms with Crippen LogP contribution in [0.4, 0.5) is 0 Å². The van der Waals surface area contributed by atoms with Gasteiger partial charge < -0.3 is 9.64 Å². The first-order valence-electron chi connectivity index (χ1n) is 9.48. The van der Waals surface area contributed by atoms with Gasteiger partial charge in [0.15, 0.2) is 0 Å². The monoisotopic (exact) mass is 433 g/mol. The van der Waals surface area contributed by atoms with Gasteiger partial charge in [-0.3, -0.25) is 9.78 Å². The molecule has 2 bridgehead atoms. The highest BCUT2D eigenvalue weighted by molar-refractivity contribution is 7.90. The van der Waals surface area contributed by atoms with Gasteiger partial charge in [-0.2, -0.15) is 4.31 Å². The number of halogens is 1. The van der Waals surface area contributed by atoms with Crippen molar-refractivity contribution in [2.75, 3.05) is 19.6 Å². The van der Waals surface area contributed by atoms with E-state index in [1.807, 2.05) is 12.1 Å². The Morgan fingerprint density at radius 2 is 2.03 bits per heavy atom. The molecule has 1 aromatic heterocycles. The van der Waals surface area contributed by atoms with Crippen LogP contribution in [0.2, 0.25) is 5.02 Å². The van der Waals surface area contributed by atoms with Gasteiger partial charge in [-0.15, -0.1) is 0 Å². The molecule has 152 valence electrons. The van der Waals surface area contributed by atoms with Crippen LogP contribution in [0.3, 0.4) is 0 Å². The minimum Gasteiger partial charge on any atom is -0.365 e. The number of morpholine rings is 1. The second kappa shape index (κ2) is 6.77. The Bertz CT molecular complexity index is 1060. The molecule has 7 nitrogen and oxygen atoms in total. The lowest BCUT2D eigenvalue weighted by Crippen LogP contribution is -2.56. The summed E-state index contributed by atoms with van der Waals surface area (Å²) in [6.45, 7) is 1.15. The normalized spacial score (nSPS) is 30.3. The van der Waals surface area contributed by atoms with Gasteiger partial charge >= 0.3 is 0 Å². The van der Waals surface area contributed by atoms with Crippen LogP contribution < -0.4 is 0 Å². The van der Waals surface area contributed by atoms with Crippen molar-refractivity contribution in [3.05, 3.63) is 64.9 Å². The molecule has 3 aliphatic heterocycles. The molecular weight excluding hydrogens is 414 g/mol. The van der Waals surface area contributed by atoms with Crippen LogP contribution in [-0.2, 0) is 21.3 Å². The number of pyridine rings is 1. The quantitative estimate of drug-likeness (QED) is 0.739. The SMILES string of the molecule is O=C(c1ccncc1)N1C[C@H]2C[C@H]3[C@](C1)(CN(Cc1cccc(Cl)c1)S3(=O)=O)O2. The topological polar surface area (TPSA) is 79.8 Å². The number of hydrogen-bond acceptors (Lipinski definition) is 5. The van der Waals surface area contributed by atoms with E-state index in [0.717, 1.165) is 5.56 Å². The maximum absolute atomic E-state index is 13.2. The Morgan fingerprint density at radius 3 is 2.79 bits per heavy atom. The van der Waals surface area contributed by atoms with Crippen molar-refractivity contribution in [3.8, 4) is 0 Å². The Kier molecular flexibility index (Phi) is 4.43. The van der Waals surface area contributed by atoms with Crippen molar-refractivity contribution < 1.29 is 17.9 Å². The summed E-state index contributed by atoms with van der Waals surface area (Å²) in [6.07, 6.45) is 3.31. The molecule has 3 aliphatic rings. The lowest BCUT2D eigenvalue weighted by molar-refractivity contribution is -0.0980. The van der Waals surface area contributed by atoms with Crippen LogP contribution in [0, 0.1) is 0 Å². The second-order valence-corrected chi connectivity index (χ2v) is 10.4. The van der Waals surface area contributed by atoms with Crippen LogP contribution in [-0.4, -0.2) is 65.1 Å². The standard InChI is InChI=1S/C20H20ClN3O4S/c21-16-3-1-2-14(8-16)10-24-13-20-12-23(19(25)15-4-6-22-7-5-15)11-17(28-20)9-18(20)29(24,26)27/h1-8,17-18H,9-13H2/t17-,18+,20+/m1/s1. The number of nitrogens with zero attached hydrogens (tertiary/aromatic N) is 3. The fourth-order valence-corrected chi connectivity index (χ4v) is 7.27. The van der Waals surface area contributed by atoms with Crippen molar-refractivity contribution in [2.24, 2.45) is 0 Å². The summed E-state index contributed by atoms with van der Waals surface area (Å²) in [5.74, 6) is -0.119. The van der Waals surface area contributed by atoms with Crippen molar-refractivity contribution in [1.29, 1.82) is 0 Å². The van der Waals surface area contributed by atoms with Crippen molar-refractivity contribution in [3.63, 3.8) is 0 Å². The van der Waals surface area contributed by atoms with Gasteiger partial charge in [-0.05, 0) is 36.2 Å². The van der Waals surface area contributed by atoms with Gasteiger partial charge in [0.2, 0.25) is 10.0 Å². The lowest BCUT2D eigenvalue weighted by Gasteiger charge is -2.39. The highest BCUT2D eigenvalue weighted by atomic mass is 35.5. The molecule has 0 unspecified atom stereocenters. The molecule has 1 aromatic carbocycles. The van der Waals surface area contributed by atoms with Gasteiger partial charge in [-0.1, -0.05) is 23.7 Å². The van der Waals surface area contributed by atoms with E-state index < -0.39 is 20.9 Å². The maximum Gasteiger partial charge on any atom is 0.254 e. The molecule has 3 fully saturated rings. The highest BCUT2D eigenvalue weighted by Crippen LogP contribution is 2.47. The zero-order valence-corrected chi connectivity index (χ0v) is 17.1. The first kappa shape index (κ1) is 19.0. The summed E-state index contributed by atoms with van der Waals surface area (Å²) in [5.41, 5.74) is 0.489. The summed E-state index contributed by atoms with van der Waals surface area (Å²) < 4.78 is 34.2. The molecule has 2 aromatic rings. The molecule has 0 N–H and O–H groups in total. The van der Waals surface area contributed by atoms with Crippen LogP contribution >= 0.6 is 11.6 Å². The minimum absolute atomic E-state index is 0.119. The number of rotatable bonds is 3. The number of likely N-dealkylation sites (tertiary alicyclic amines) is 1. The summed E-state index contributed by atoms with van der Waals surface area (Å²) >= 11 is 6.05. The number of ether oxygens (including phenoxy) is 1. The predicted octanol–water partition coefficient (Wildman–Crippen LogP) is 1.93. The third kappa shape index (κ3) is 3.15. The Balaban J connectivity index is 1.41. The number of sulfonamides is 1. The van der Waals surface area contributed by atoms with E-state index in [9.17, 15) is 13.2 Å². The number of fused-ring (bicyclic) bond motifs is 1. The lowest BCUT2D eigenvalue weighted by atomic mass is 9.99. The summed E-state index contributed by atoms with van der Waals surface area (Å²) in [6, 6.07) is 10.5. The smallest absolute Gasteiger partial charge is 0.254 e. The summed E-state index contributed by atoms with van der Waals surface area (Å²) in [7, 11) is -3.54. The molecule has 1 spiro atoms. The molecule has 4 heterocycles. The third-order valence-electron chi connectivity index (χ3n) is 5.97. The number of amides is 1. The molecule has 1 amide bonds. The van der Waals surface area contributed by atoms with E-state index in [1.54, 1.807) is 41.6 Å². The summed E-state index contributed by atoms with van der Waals surface area (Å²) in [5, 5.41) is -0.0602. The predicted molar refractivity (Wildman–Crippen MR) is 107 cm³/mol. The van der Waals surface area contributed by atoms with Gasteiger partial charge in [0.05, 0.1) is 12.6 Å². The van der Waals surface area contributed by atoms with E-state index >= 15 is 0 Å². The molecule has 9 heteroatoms. The Hall–Kier alpha value is -2.00. The molecule has 3 saturated heterocycles. The second-order valence-electron chi connectivity index (χ2n) is 7.89. The number of carbonyl (C=O) groups excluding carboxylic acids is 1. The maximum atomic E-state index is 13.2. The van der Waals surface area contributed by atoms with Gasteiger partial charge in [-0.25, -0.2) is 8.42 Å². The Labute approximate surface area is 174 Å². The number of carbonyl (C=O) groups is 1. The largest absolute Gasteiger partial charge is 0.365 e. The van der Waals surface area contributed by atoms with Crippen LogP contribution in [0.5, 0.6) is 0 Å². The van der Waals surface area contributed by atoms with Crippen LogP contribution in [0.25, 0.3) is 0 Å². The van der Waals surface area contributed by atoms with Crippen LogP contribution in [0.15, 0.2) is 48.8 Å². The van der Waals surface area contributed by atoms with Gasteiger partial charge in [0, 0.05) is 42.6 Å². The molecule has 0 saturated carbocycles. The van der Waals surface area contributed by atoms with Crippen molar-refractivity contribution >= 4 is 27.5 Å². The van der Waals surface area contributed by atoms with Crippen molar-refractivity contribution in [2.45, 2.75) is 29.9 Å². The Morgan fingerprint density at radius 1 is 1.24 bits per heavy atom. The summed E-state index contributed by atoms with van der Waals surface area (Å²) in [4.78, 5) is 18.6. The average molecular weight is 434 g/mol. The molecule has 29 heavy (non-hydrogen) atoms. The van der Waals surface area contributed by atoms with Crippen molar-refractivity contribution in [1.82, 2.24) is 14.2 Å². The number of aromatic nitrogens is 1. The van der Waals surface area contributed by atoms with E-state index in [-0.39, 0.29) is 31.6 Å². The number of benzene rings is 1. The van der Waals surface area contributed by atoms with E-state index in [0.29, 0.717) is 23.6 Å². The van der Waals surface area contributed by atoms with E-state index in [1.165, 1.54) is 4.31 Å². The first-order chi connectivity index (χ1) is 13.9. The van der Waals surface area contributed by atoms with E-state index in [4.69, 9.17) is 16.3 Å². The molecular formula is C20H20ClN3O4S. The molecule has 3 atom stereocenters.